The van der Waals surface area contributed by atoms with E-state index < -0.39 is 0 Å². The van der Waals surface area contributed by atoms with E-state index in [1.165, 1.54) is 19.3 Å². The Kier molecular flexibility index (Phi) is 5.60. The Morgan fingerprint density at radius 2 is 2.06 bits per heavy atom. The van der Waals surface area contributed by atoms with E-state index in [2.05, 4.69) is 17.6 Å². The molecule has 0 saturated carbocycles. The van der Waals surface area contributed by atoms with Crippen LogP contribution in [0.5, 0.6) is 0 Å². The number of hydrogen-bond donors (Lipinski definition) is 2. The highest BCUT2D eigenvalue weighted by atomic mass is 16.2. The van der Waals surface area contributed by atoms with E-state index in [0.29, 0.717) is 12.1 Å². The molecule has 0 radical (unpaired) electrons. The SMILES string of the molecule is CCN(CC)C(=O)NCC1CCCC(C)N1. The van der Waals surface area contributed by atoms with Crippen molar-refractivity contribution in [2.45, 2.75) is 52.1 Å². The zero-order valence-electron chi connectivity index (χ0n) is 10.8. The van der Waals surface area contributed by atoms with Gasteiger partial charge in [-0.15, -0.1) is 0 Å². The van der Waals surface area contributed by atoms with Crippen LogP contribution in [0.2, 0.25) is 0 Å². The summed E-state index contributed by atoms with van der Waals surface area (Å²) in [6.45, 7) is 8.51. The number of piperidine rings is 1. The Labute approximate surface area is 98.8 Å². The molecule has 94 valence electrons. The van der Waals surface area contributed by atoms with E-state index in [-0.39, 0.29) is 6.03 Å². The molecule has 1 aliphatic heterocycles. The van der Waals surface area contributed by atoms with Crippen LogP contribution in [0.3, 0.4) is 0 Å². The maximum Gasteiger partial charge on any atom is 0.317 e. The largest absolute Gasteiger partial charge is 0.336 e. The third kappa shape index (κ3) is 4.00. The summed E-state index contributed by atoms with van der Waals surface area (Å²) >= 11 is 0. The number of nitrogens with zero attached hydrogens (tertiary/aromatic N) is 1. The summed E-state index contributed by atoms with van der Waals surface area (Å²) in [6.07, 6.45) is 3.68. The van der Waals surface area contributed by atoms with Crippen molar-refractivity contribution in [3.63, 3.8) is 0 Å². The van der Waals surface area contributed by atoms with Crippen LogP contribution in [-0.4, -0.2) is 42.6 Å². The zero-order chi connectivity index (χ0) is 12.0. The molecule has 0 spiro atoms. The maximum atomic E-state index is 11.7. The van der Waals surface area contributed by atoms with Gasteiger partial charge in [0.15, 0.2) is 0 Å². The first-order chi connectivity index (χ1) is 7.67. The first-order valence-corrected chi connectivity index (χ1v) is 6.46. The van der Waals surface area contributed by atoms with Gasteiger partial charge in [-0.25, -0.2) is 4.79 Å². The van der Waals surface area contributed by atoms with Gasteiger partial charge >= 0.3 is 6.03 Å². The maximum absolute atomic E-state index is 11.7. The van der Waals surface area contributed by atoms with Gasteiger partial charge in [-0.2, -0.15) is 0 Å². The Hall–Kier alpha value is -0.770. The van der Waals surface area contributed by atoms with E-state index >= 15 is 0 Å². The van der Waals surface area contributed by atoms with Gasteiger partial charge in [0.05, 0.1) is 0 Å². The molecular formula is C12H25N3O. The summed E-state index contributed by atoms with van der Waals surface area (Å²) < 4.78 is 0. The minimum atomic E-state index is 0.0602. The number of urea groups is 1. The lowest BCUT2D eigenvalue weighted by molar-refractivity contribution is 0.200. The number of nitrogens with one attached hydrogen (secondary N) is 2. The summed E-state index contributed by atoms with van der Waals surface area (Å²) in [6, 6.07) is 1.09. The molecule has 0 bridgehead atoms. The van der Waals surface area contributed by atoms with Crippen LogP contribution in [0.25, 0.3) is 0 Å². The topological polar surface area (TPSA) is 44.4 Å². The van der Waals surface area contributed by atoms with E-state index in [4.69, 9.17) is 0 Å². The van der Waals surface area contributed by atoms with Crippen LogP contribution in [0.15, 0.2) is 0 Å². The number of hydrogen-bond acceptors (Lipinski definition) is 2. The number of carbonyl (C=O) groups excluding carboxylic acids is 1. The summed E-state index contributed by atoms with van der Waals surface area (Å²) in [5.74, 6) is 0. The van der Waals surface area contributed by atoms with Gasteiger partial charge < -0.3 is 15.5 Å². The Bertz CT molecular complexity index is 216. The summed E-state index contributed by atoms with van der Waals surface area (Å²) in [5.41, 5.74) is 0. The smallest absolute Gasteiger partial charge is 0.317 e. The molecule has 1 heterocycles. The van der Waals surface area contributed by atoms with Crippen molar-refractivity contribution in [3.05, 3.63) is 0 Å². The fourth-order valence-electron chi connectivity index (χ4n) is 2.23. The minimum Gasteiger partial charge on any atom is -0.336 e. The van der Waals surface area contributed by atoms with Crippen molar-refractivity contribution in [1.82, 2.24) is 15.5 Å². The molecule has 1 aliphatic rings. The predicted octanol–water partition coefficient (Wildman–Crippen LogP) is 1.57. The van der Waals surface area contributed by atoms with Crippen molar-refractivity contribution >= 4 is 6.03 Å². The van der Waals surface area contributed by atoms with Gasteiger partial charge in [-0.3, -0.25) is 0 Å². The van der Waals surface area contributed by atoms with E-state index in [9.17, 15) is 4.79 Å². The quantitative estimate of drug-likeness (QED) is 0.765. The summed E-state index contributed by atoms with van der Waals surface area (Å²) in [4.78, 5) is 13.5. The summed E-state index contributed by atoms with van der Waals surface area (Å²) in [7, 11) is 0. The van der Waals surface area contributed by atoms with Crippen molar-refractivity contribution in [1.29, 1.82) is 0 Å². The summed E-state index contributed by atoms with van der Waals surface area (Å²) in [5, 5.41) is 6.51. The normalized spacial score (nSPS) is 25.2. The van der Waals surface area contributed by atoms with Crippen LogP contribution in [-0.2, 0) is 0 Å². The van der Waals surface area contributed by atoms with E-state index in [0.717, 1.165) is 19.6 Å². The second kappa shape index (κ2) is 6.74. The lowest BCUT2D eigenvalue weighted by Gasteiger charge is -2.29. The molecule has 0 aromatic heterocycles. The Morgan fingerprint density at radius 1 is 1.38 bits per heavy atom. The van der Waals surface area contributed by atoms with Crippen molar-refractivity contribution < 1.29 is 4.79 Å². The monoisotopic (exact) mass is 227 g/mol. The second-order valence-electron chi connectivity index (χ2n) is 4.55. The van der Waals surface area contributed by atoms with Crippen molar-refractivity contribution in [2.75, 3.05) is 19.6 Å². The fraction of sp³-hybridized carbons (Fsp3) is 0.917. The van der Waals surface area contributed by atoms with E-state index in [1.54, 1.807) is 0 Å². The lowest BCUT2D eigenvalue weighted by atomic mass is 10.00. The highest BCUT2D eigenvalue weighted by molar-refractivity contribution is 5.74. The molecule has 1 fully saturated rings. The molecule has 2 N–H and O–H groups in total. The minimum absolute atomic E-state index is 0.0602. The first-order valence-electron chi connectivity index (χ1n) is 6.46. The van der Waals surface area contributed by atoms with Gasteiger partial charge in [0.25, 0.3) is 0 Å². The molecule has 16 heavy (non-hydrogen) atoms. The average Bonchev–Trinajstić information content (AvgIpc) is 2.28. The van der Waals surface area contributed by atoms with Gasteiger partial charge in [0.1, 0.15) is 0 Å². The Morgan fingerprint density at radius 3 is 2.62 bits per heavy atom. The molecule has 4 nitrogen and oxygen atoms in total. The van der Waals surface area contributed by atoms with Crippen molar-refractivity contribution in [3.8, 4) is 0 Å². The van der Waals surface area contributed by atoms with Crippen LogP contribution < -0.4 is 10.6 Å². The van der Waals surface area contributed by atoms with Gasteiger partial charge in [0, 0.05) is 31.7 Å². The zero-order valence-corrected chi connectivity index (χ0v) is 10.8. The molecule has 4 heteroatoms. The molecule has 1 saturated heterocycles. The fourth-order valence-corrected chi connectivity index (χ4v) is 2.23. The van der Waals surface area contributed by atoms with Crippen LogP contribution in [0.4, 0.5) is 4.79 Å². The number of rotatable bonds is 4. The molecule has 0 aliphatic carbocycles. The highest BCUT2D eigenvalue weighted by Gasteiger charge is 2.18. The van der Waals surface area contributed by atoms with Gasteiger partial charge in [-0.05, 0) is 33.6 Å². The highest BCUT2D eigenvalue weighted by Crippen LogP contribution is 2.11. The molecule has 0 aromatic rings. The molecule has 0 aromatic carbocycles. The third-order valence-electron chi connectivity index (χ3n) is 3.26. The third-order valence-corrected chi connectivity index (χ3v) is 3.26. The second-order valence-corrected chi connectivity index (χ2v) is 4.55. The van der Waals surface area contributed by atoms with Crippen molar-refractivity contribution in [2.24, 2.45) is 0 Å². The Balaban J connectivity index is 2.25. The van der Waals surface area contributed by atoms with Crippen LogP contribution in [0, 0.1) is 0 Å². The standard InChI is InChI=1S/C12H25N3O/c1-4-15(5-2)12(16)13-9-11-8-6-7-10(3)14-11/h10-11,14H,4-9H2,1-3H3,(H,13,16). The van der Waals surface area contributed by atoms with E-state index in [1.807, 2.05) is 18.7 Å². The number of amides is 2. The molecule has 2 unspecified atom stereocenters. The average molecular weight is 227 g/mol. The molecule has 1 rings (SSSR count). The first kappa shape index (κ1) is 13.3. The molecule has 2 atom stereocenters. The van der Waals surface area contributed by atoms with Crippen LogP contribution in [0.1, 0.15) is 40.0 Å². The van der Waals surface area contributed by atoms with Gasteiger partial charge in [-0.1, -0.05) is 6.42 Å². The lowest BCUT2D eigenvalue weighted by Crippen LogP contribution is -2.49. The molecular weight excluding hydrogens is 202 g/mol. The van der Waals surface area contributed by atoms with Gasteiger partial charge in [0.2, 0.25) is 0 Å². The molecule has 2 amide bonds. The van der Waals surface area contributed by atoms with Crippen LogP contribution >= 0.6 is 0 Å². The number of carbonyl (C=O) groups is 1. The predicted molar refractivity (Wildman–Crippen MR) is 66.6 cm³/mol.